The average Bonchev–Trinajstić information content (AvgIpc) is 2.91. The van der Waals surface area contributed by atoms with Crippen molar-refractivity contribution in [3.8, 4) is 5.75 Å². The first kappa shape index (κ1) is 20.0. The summed E-state index contributed by atoms with van der Waals surface area (Å²) in [5, 5.41) is 0. The monoisotopic (exact) mass is 393 g/mol. The molecule has 2 aliphatic heterocycles. The number of nitrogens with zero attached hydrogens (tertiary/aromatic N) is 1. The van der Waals surface area contributed by atoms with Crippen LogP contribution < -0.4 is 10.2 Å². The molecule has 6 heteroatoms. The second-order valence-electron chi connectivity index (χ2n) is 8.81. The van der Waals surface area contributed by atoms with Crippen LogP contribution >= 0.6 is 0 Å². The fourth-order valence-corrected chi connectivity index (χ4v) is 3.88. The van der Waals surface area contributed by atoms with E-state index in [4.69, 9.17) is 14.0 Å². The van der Waals surface area contributed by atoms with Gasteiger partial charge in [-0.3, -0.25) is 4.79 Å². The molecule has 2 aromatic rings. The minimum absolute atomic E-state index is 0.00687. The van der Waals surface area contributed by atoms with Gasteiger partial charge in [-0.25, -0.2) is 0 Å². The molecule has 0 aliphatic carbocycles. The van der Waals surface area contributed by atoms with Gasteiger partial charge in [0.2, 0.25) is 0 Å². The Morgan fingerprint density at radius 2 is 1.72 bits per heavy atom. The van der Waals surface area contributed by atoms with E-state index in [1.165, 1.54) is 0 Å². The number of ether oxygens (including phenoxy) is 1. The zero-order valence-electron chi connectivity index (χ0n) is 17.8. The van der Waals surface area contributed by atoms with Crippen molar-refractivity contribution in [2.75, 3.05) is 13.7 Å². The van der Waals surface area contributed by atoms with Crippen LogP contribution in [0.1, 0.15) is 49.2 Å². The molecule has 2 aromatic carbocycles. The molecule has 0 bridgehead atoms. The van der Waals surface area contributed by atoms with Crippen LogP contribution in [-0.4, -0.2) is 42.8 Å². The van der Waals surface area contributed by atoms with Crippen LogP contribution in [-0.2, 0) is 22.3 Å². The Morgan fingerprint density at radius 1 is 1.07 bits per heavy atom. The number of carbonyl (C=O) groups excluding carboxylic acids is 1. The molecule has 1 fully saturated rings. The fourth-order valence-electron chi connectivity index (χ4n) is 3.88. The Bertz CT molecular complexity index is 893. The van der Waals surface area contributed by atoms with E-state index in [2.05, 4.69) is 0 Å². The SMILES string of the molecule is COc1cc(B2OC(C)(C)C(C)(C)O2)cc2c1C(=O)N(Cc1ccccc1)CC2. The van der Waals surface area contributed by atoms with Crippen LogP contribution in [0.4, 0.5) is 0 Å². The normalized spacial score (nSPS) is 20.0. The summed E-state index contributed by atoms with van der Waals surface area (Å²) in [6.07, 6.45) is 0.775. The lowest BCUT2D eigenvalue weighted by Crippen LogP contribution is -2.41. The highest BCUT2D eigenvalue weighted by atomic mass is 16.7. The third-order valence-corrected chi connectivity index (χ3v) is 6.32. The fraction of sp³-hybridized carbons (Fsp3) is 0.435. The van der Waals surface area contributed by atoms with Gasteiger partial charge in [0.05, 0.1) is 23.9 Å². The van der Waals surface area contributed by atoms with Crippen molar-refractivity contribution in [2.45, 2.75) is 51.9 Å². The minimum Gasteiger partial charge on any atom is -0.496 e. The lowest BCUT2D eigenvalue weighted by Gasteiger charge is -2.32. The van der Waals surface area contributed by atoms with E-state index < -0.39 is 18.3 Å². The number of carbonyl (C=O) groups is 1. The third-order valence-electron chi connectivity index (χ3n) is 6.32. The summed E-state index contributed by atoms with van der Waals surface area (Å²) >= 11 is 0. The zero-order chi connectivity index (χ0) is 20.8. The molecule has 0 N–H and O–H groups in total. The highest BCUT2D eigenvalue weighted by molar-refractivity contribution is 6.62. The molecular weight excluding hydrogens is 365 g/mol. The number of hydrogen-bond donors (Lipinski definition) is 0. The smallest absolute Gasteiger partial charge is 0.494 e. The number of amides is 1. The van der Waals surface area contributed by atoms with Gasteiger partial charge in [-0.05, 0) is 56.8 Å². The minimum atomic E-state index is -0.475. The van der Waals surface area contributed by atoms with Crippen molar-refractivity contribution in [2.24, 2.45) is 0 Å². The molecule has 0 radical (unpaired) electrons. The lowest BCUT2D eigenvalue weighted by molar-refractivity contribution is 0.00578. The Morgan fingerprint density at radius 3 is 2.34 bits per heavy atom. The van der Waals surface area contributed by atoms with E-state index in [1.807, 2.05) is 75.1 Å². The molecular formula is C23H28BNO4. The van der Waals surface area contributed by atoms with Gasteiger partial charge in [-0.2, -0.15) is 0 Å². The Hall–Kier alpha value is -2.31. The first-order valence-corrected chi connectivity index (χ1v) is 10.1. The second-order valence-corrected chi connectivity index (χ2v) is 8.81. The first-order chi connectivity index (χ1) is 13.7. The summed E-state index contributed by atoms with van der Waals surface area (Å²) in [7, 11) is 1.13. The average molecular weight is 393 g/mol. The summed E-state index contributed by atoms with van der Waals surface area (Å²) in [4.78, 5) is 15.1. The van der Waals surface area contributed by atoms with Crippen molar-refractivity contribution in [3.63, 3.8) is 0 Å². The van der Waals surface area contributed by atoms with Crippen LogP contribution in [0.5, 0.6) is 5.75 Å². The molecule has 152 valence electrons. The predicted octanol–water partition coefficient (Wildman–Crippen LogP) is 3.19. The molecule has 1 amide bonds. The molecule has 0 aromatic heterocycles. The van der Waals surface area contributed by atoms with Crippen LogP contribution in [0, 0.1) is 0 Å². The van der Waals surface area contributed by atoms with E-state index in [1.54, 1.807) is 7.11 Å². The highest BCUT2D eigenvalue weighted by Gasteiger charge is 2.52. The van der Waals surface area contributed by atoms with E-state index in [9.17, 15) is 4.79 Å². The van der Waals surface area contributed by atoms with Crippen LogP contribution in [0.25, 0.3) is 0 Å². The van der Waals surface area contributed by atoms with Crippen molar-refractivity contribution < 1.29 is 18.8 Å². The topological polar surface area (TPSA) is 48.0 Å². The van der Waals surface area contributed by atoms with E-state index in [0.29, 0.717) is 24.4 Å². The maximum atomic E-state index is 13.2. The standard InChI is InChI=1S/C23H28BNO4/c1-22(2)23(3,4)29-24(28-22)18-13-17-11-12-25(15-16-9-7-6-8-10-16)21(26)20(17)19(14-18)27-5/h6-10,13-14H,11-12,15H2,1-5H3. The van der Waals surface area contributed by atoms with Crippen molar-refractivity contribution in [1.82, 2.24) is 4.90 Å². The van der Waals surface area contributed by atoms with E-state index in [-0.39, 0.29) is 5.91 Å². The Balaban J connectivity index is 1.63. The van der Waals surface area contributed by atoms with Gasteiger partial charge in [-0.1, -0.05) is 36.4 Å². The molecule has 0 atom stereocenters. The van der Waals surface area contributed by atoms with E-state index in [0.717, 1.165) is 23.0 Å². The van der Waals surface area contributed by atoms with Crippen molar-refractivity contribution in [1.29, 1.82) is 0 Å². The zero-order valence-corrected chi connectivity index (χ0v) is 17.8. The Kier molecular flexibility index (Phi) is 4.95. The van der Waals surface area contributed by atoms with Crippen molar-refractivity contribution in [3.05, 3.63) is 59.2 Å². The second kappa shape index (κ2) is 7.19. The lowest BCUT2D eigenvalue weighted by atomic mass is 9.76. The summed E-state index contributed by atoms with van der Waals surface area (Å²) in [5.41, 5.74) is 2.82. The highest BCUT2D eigenvalue weighted by Crippen LogP contribution is 2.37. The number of rotatable bonds is 4. The molecule has 2 aliphatic rings. The van der Waals surface area contributed by atoms with Gasteiger partial charge >= 0.3 is 7.12 Å². The molecule has 2 heterocycles. The number of hydrogen-bond acceptors (Lipinski definition) is 4. The molecule has 29 heavy (non-hydrogen) atoms. The van der Waals surface area contributed by atoms with Crippen LogP contribution in [0.2, 0.25) is 0 Å². The largest absolute Gasteiger partial charge is 0.496 e. The van der Waals surface area contributed by atoms with Crippen LogP contribution in [0.15, 0.2) is 42.5 Å². The maximum absolute atomic E-state index is 13.2. The molecule has 4 rings (SSSR count). The first-order valence-electron chi connectivity index (χ1n) is 10.1. The summed E-state index contributed by atoms with van der Waals surface area (Å²) < 4.78 is 18.0. The molecule has 5 nitrogen and oxygen atoms in total. The third kappa shape index (κ3) is 3.56. The van der Waals surface area contributed by atoms with Crippen LogP contribution in [0.3, 0.4) is 0 Å². The molecule has 1 saturated heterocycles. The van der Waals surface area contributed by atoms with Gasteiger partial charge in [0.25, 0.3) is 5.91 Å². The van der Waals surface area contributed by atoms with E-state index >= 15 is 0 Å². The molecule has 0 unspecified atom stereocenters. The molecule has 0 spiro atoms. The molecule has 0 saturated carbocycles. The predicted molar refractivity (Wildman–Crippen MR) is 114 cm³/mol. The van der Waals surface area contributed by atoms with Gasteiger partial charge in [-0.15, -0.1) is 0 Å². The van der Waals surface area contributed by atoms with Gasteiger partial charge in [0, 0.05) is 13.1 Å². The van der Waals surface area contributed by atoms with Crippen molar-refractivity contribution >= 4 is 18.5 Å². The maximum Gasteiger partial charge on any atom is 0.494 e. The van der Waals surface area contributed by atoms with Gasteiger partial charge in [0.15, 0.2) is 0 Å². The number of methoxy groups -OCH3 is 1. The summed E-state index contributed by atoms with van der Waals surface area (Å²) in [6, 6.07) is 14.0. The van der Waals surface area contributed by atoms with Gasteiger partial charge in [0.1, 0.15) is 5.75 Å². The van der Waals surface area contributed by atoms with Gasteiger partial charge < -0.3 is 18.9 Å². The quantitative estimate of drug-likeness (QED) is 0.749. The summed E-state index contributed by atoms with van der Waals surface area (Å²) in [5.74, 6) is 0.586. The Labute approximate surface area is 173 Å². The summed E-state index contributed by atoms with van der Waals surface area (Å²) in [6.45, 7) is 9.42. The number of fused-ring (bicyclic) bond motifs is 1. The number of benzene rings is 2.